The number of aromatic nitrogens is 2. The second kappa shape index (κ2) is 4.62. The number of alkyl halides is 3. The van der Waals surface area contributed by atoms with Crippen molar-refractivity contribution in [3.05, 3.63) is 41.3 Å². The number of hydrogen-bond acceptors (Lipinski definition) is 2. The number of nitrogens with zero attached hydrogens (tertiary/aromatic N) is 2. The zero-order valence-electron chi connectivity index (χ0n) is 10.1. The molecule has 1 N–H and O–H groups in total. The first-order valence-corrected chi connectivity index (χ1v) is 5.35. The van der Waals surface area contributed by atoms with Crippen LogP contribution in [0.1, 0.15) is 16.1 Å². The highest BCUT2D eigenvalue weighted by Crippen LogP contribution is 2.38. The van der Waals surface area contributed by atoms with Gasteiger partial charge in [0.1, 0.15) is 5.82 Å². The lowest BCUT2D eigenvalue weighted by Gasteiger charge is -2.13. The van der Waals surface area contributed by atoms with Gasteiger partial charge in [-0.3, -0.25) is 4.68 Å². The highest BCUT2D eigenvalue weighted by molar-refractivity contribution is 5.87. The monoisotopic (exact) mass is 288 g/mol. The van der Waals surface area contributed by atoms with E-state index in [1.165, 1.54) is 7.05 Å². The Morgan fingerprint density at radius 3 is 2.50 bits per heavy atom. The van der Waals surface area contributed by atoms with Crippen molar-refractivity contribution in [1.29, 1.82) is 0 Å². The third-order valence-electron chi connectivity index (χ3n) is 2.67. The summed E-state index contributed by atoms with van der Waals surface area (Å²) in [6.45, 7) is 0. The van der Waals surface area contributed by atoms with E-state index in [1.54, 1.807) is 0 Å². The molecule has 1 heterocycles. The molecule has 0 saturated heterocycles. The van der Waals surface area contributed by atoms with Crippen molar-refractivity contribution in [2.75, 3.05) is 0 Å². The van der Waals surface area contributed by atoms with Crippen molar-refractivity contribution in [2.45, 2.75) is 6.18 Å². The van der Waals surface area contributed by atoms with E-state index < -0.39 is 34.8 Å². The second-order valence-electron chi connectivity index (χ2n) is 4.00. The molecule has 0 aliphatic rings. The quantitative estimate of drug-likeness (QED) is 0.864. The standard InChI is InChI=1S/C12H8F4N2O2/c1-18-9(5-8(17-18)11(19)20)10-6(12(14,15)16)3-2-4-7(10)13/h2-5H,1H3,(H,19,20). The van der Waals surface area contributed by atoms with Crippen molar-refractivity contribution >= 4 is 5.97 Å². The predicted molar refractivity (Wildman–Crippen MR) is 60.6 cm³/mol. The van der Waals surface area contributed by atoms with Gasteiger partial charge in [0.15, 0.2) is 5.69 Å². The number of halogens is 4. The fourth-order valence-corrected chi connectivity index (χ4v) is 1.83. The van der Waals surface area contributed by atoms with Crippen LogP contribution in [-0.2, 0) is 13.2 Å². The first-order valence-electron chi connectivity index (χ1n) is 5.35. The molecule has 1 aromatic heterocycles. The van der Waals surface area contributed by atoms with E-state index >= 15 is 0 Å². The molecule has 0 unspecified atom stereocenters. The number of carboxylic acids is 1. The summed E-state index contributed by atoms with van der Waals surface area (Å²) in [7, 11) is 1.24. The minimum Gasteiger partial charge on any atom is -0.476 e. The maximum Gasteiger partial charge on any atom is 0.417 e. The zero-order chi connectivity index (χ0) is 15.1. The van der Waals surface area contributed by atoms with E-state index in [4.69, 9.17) is 5.11 Å². The van der Waals surface area contributed by atoms with Crippen molar-refractivity contribution in [3.8, 4) is 11.3 Å². The van der Waals surface area contributed by atoms with Crippen LogP contribution in [0.4, 0.5) is 17.6 Å². The maximum absolute atomic E-state index is 13.8. The molecule has 0 radical (unpaired) electrons. The van der Waals surface area contributed by atoms with Crippen molar-refractivity contribution in [1.82, 2.24) is 9.78 Å². The third-order valence-corrected chi connectivity index (χ3v) is 2.67. The summed E-state index contributed by atoms with van der Waals surface area (Å²) in [6.07, 6.45) is -4.76. The van der Waals surface area contributed by atoms with Crippen LogP contribution in [0.25, 0.3) is 11.3 Å². The molecule has 0 saturated carbocycles. The van der Waals surface area contributed by atoms with Crippen LogP contribution >= 0.6 is 0 Å². The van der Waals surface area contributed by atoms with Crippen molar-refractivity contribution in [3.63, 3.8) is 0 Å². The predicted octanol–water partition coefficient (Wildman–Crippen LogP) is 2.94. The van der Waals surface area contributed by atoms with Gasteiger partial charge < -0.3 is 5.11 Å². The van der Waals surface area contributed by atoms with Gasteiger partial charge in [0.2, 0.25) is 0 Å². The topological polar surface area (TPSA) is 55.1 Å². The molecule has 0 bridgehead atoms. The van der Waals surface area contributed by atoms with E-state index in [9.17, 15) is 22.4 Å². The van der Waals surface area contributed by atoms with Crippen LogP contribution in [0.5, 0.6) is 0 Å². The second-order valence-corrected chi connectivity index (χ2v) is 4.00. The van der Waals surface area contributed by atoms with Crippen LogP contribution in [0.2, 0.25) is 0 Å². The molecule has 0 aliphatic carbocycles. The summed E-state index contributed by atoms with van der Waals surface area (Å²) < 4.78 is 53.4. The Balaban J connectivity index is 2.73. The Morgan fingerprint density at radius 1 is 1.35 bits per heavy atom. The molecular formula is C12H8F4N2O2. The van der Waals surface area contributed by atoms with Gasteiger partial charge in [0.05, 0.1) is 11.3 Å². The molecule has 0 spiro atoms. The minimum absolute atomic E-state index is 0.257. The van der Waals surface area contributed by atoms with Crippen LogP contribution < -0.4 is 0 Å². The summed E-state index contributed by atoms with van der Waals surface area (Å²) in [5.41, 5.74) is -2.62. The summed E-state index contributed by atoms with van der Waals surface area (Å²) in [6, 6.07) is 3.44. The lowest BCUT2D eigenvalue weighted by molar-refractivity contribution is -0.137. The van der Waals surface area contributed by atoms with Gasteiger partial charge in [-0.05, 0) is 18.2 Å². The third kappa shape index (κ3) is 2.36. The number of benzene rings is 1. The average molecular weight is 288 g/mol. The normalized spacial score (nSPS) is 11.7. The summed E-state index contributed by atoms with van der Waals surface area (Å²) in [4.78, 5) is 10.8. The van der Waals surface area contributed by atoms with Gasteiger partial charge in [-0.2, -0.15) is 18.3 Å². The highest BCUT2D eigenvalue weighted by atomic mass is 19.4. The number of hydrogen-bond donors (Lipinski definition) is 1. The van der Waals surface area contributed by atoms with Gasteiger partial charge in [0.25, 0.3) is 0 Å². The molecule has 106 valence electrons. The van der Waals surface area contributed by atoms with Crippen LogP contribution in [0.15, 0.2) is 24.3 Å². The molecule has 0 aliphatic heterocycles. The van der Waals surface area contributed by atoms with Gasteiger partial charge >= 0.3 is 12.1 Å². The van der Waals surface area contributed by atoms with Gasteiger partial charge in [-0.1, -0.05) is 6.07 Å². The lowest BCUT2D eigenvalue weighted by Crippen LogP contribution is -2.10. The van der Waals surface area contributed by atoms with E-state index in [-0.39, 0.29) is 5.69 Å². The first kappa shape index (κ1) is 14.0. The number of rotatable bonds is 2. The molecule has 20 heavy (non-hydrogen) atoms. The van der Waals surface area contributed by atoms with Crippen LogP contribution in [0.3, 0.4) is 0 Å². The molecule has 4 nitrogen and oxygen atoms in total. The largest absolute Gasteiger partial charge is 0.476 e. The average Bonchev–Trinajstić information content (AvgIpc) is 2.70. The summed E-state index contributed by atoms with van der Waals surface area (Å²) in [5, 5.41) is 12.3. The fourth-order valence-electron chi connectivity index (χ4n) is 1.83. The Kier molecular flexibility index (Phi) is 3.24. The van der Waals surface area contributed by atoms with Crippen molar-refractivity contribution < 1.29 is 27.5 Å². The fraction of sp³-hybridized carbons (Fsp3) is 0.167. The van der Waals surface area contributed by atoms with Crippen molar-refractivity contribution in [2.24, 2.45) is 7.05 Å². The van der Waals surface area contributed by atoms with Gasteiger partial charge in [0, 0.05) is 12.6 Å². The van der Waals surface area contributed by atoms with Gasteiger partial charge in [-0.15, -0.1) is 0 Å². The molecule has 2 aromatic rings. The molecular weight excluding hydrogens is 280 g/mol. The maximum atomic E-state index is 13.8. The zero-order valence-corrected chi connectivity index (χ0v) is 10.1. The minimum atomic E-state index is -4.76. The van der Waals surface area contributed by atoms with Crippen LogP contribution in [-0.4, -0.2) is 20.9 Å². The Bertz CT molecular complexity index is 677. The molecule has 0 amide bonds. The first-order chi connectivity index (χ1) is 9.21. The molecule has 0 atom stereocenters. The highest BCUT2D eigenvalue weighted by Gasteiger charge is 2.36. The number of carbonyl (C=O) groups is 1. The smallest absolute Gasteiger partial charge is 0.417 e. The molecule has 1 aromatic carbocycles. The number of aromatic carboxylic acids is 1. The van der Waals surface area contributed by atoms with E-state index in [2.05, 4.69) is 5.10 Å². The summed E-state index contributed by atoms with van der Waals surface area (Å²) >= 11 is 0. The molecule has 2 rings (SSSR count). The van der Waals surface area contributed by atoms with Gasteiger partial charge in [-0.25, -0.2) is 9.18 Å². The molecule has 8 heteroatoms. The lowest BCUT2D eigenvalue weighted by atomic mass is 10.0. The van der Waals surface area contributed by atoms with E-state index in [0.717, 1.165) is 28.9 Å². The number of carboxylic acid groups (broad SMARTS) is 1. The Labute approximate surface area is 110 Å². The number of aryl methyl sites for hydroxylation is 1. The SMILES string of the molecule is Cn1nc(C(=O)O)cc1-c1c(F)cccc1C(F)(F)F. The Hall–Kier alpha value is -2.38. The van der Waals surface area contributed by atoms with Crippen LogP contribution in [0, 0.1) is 5.82 Å². The van der Waals surface area contributed by atoms with E-state index in [1.807, 2.05) is 0 Å². The Morgan fingerprint density at radius 2 is 2.00 bits per heavy atom. The van der Waals surface area contributed by atoms with E-state index in [0.29, 0.717) is 0 Å². The molecule has 0 fully saturated rings. The summed E-state index contributed by atoms with van der Waals surface area (Å²) in [5.74, 6) is -2.50.